The van der Waals surface area contributed by atoms with Crippen LogP contribution in [0.25, 0.3) is 10.9 Å². The minimum atomic E-state index is -0.309. The van der Waals surface area contributed by atoms with Crippen molar-refractivity contribution >= 4 is 10.9 Å². The normalized spacial score (nSPS) is 16.1. The molecule has 1 radical (unpaired) electrons. The van der Waals surface area contributed by atoms with E-state index in [1.165, 1.54) is 18.4 Å². The molecule has 0 spiro atoms. The standard InChI is InChI=1S/C17H22N3O2/c1-12-16-13(6-9-20-7-4-3-5-8-20)10-14(22-2)11-15(16)19-17(21)18-12/h3,10-11H,4-9H2,1-2H3,(H,18,19,21). The molecular formula is C17H22N3O2. The van der Waals surface area contributed by atoms with E-state index in [1.807, 2.05) is 13.0 Å². The summed E-state index contributed by atoms with van der Waals surface area (Å²) >= 11 is 0. The third kappa shape index (κ3) is 3.14. The Balaban J connectivity index is 1.94. The van der Waals surface area contributed by atoms with Gasteiger partial charge in [-0.1, -0.05) is 0 Å². The summed E-state index contributed by atoms with van der Waals surface area (Å²) in [4.78, 5) is 20.9. The van der Waals surface area contributed by atoms with Gasteiger partial charge in [0.1, 0.15) is 5.75 Å². The lowest BCUT2D eigenvalue weighted by Crippen LogP contribution is -2.31. The van der Waals surface area contributed by atoms with Crippen LogP contribution in [0.1, 0.15) is 24.1 Å². The third-order valence-electron chi connectivity index (χ3n) is 4.30. The van der Waals surface area contributed by atoms with E-state index in [-0.39, 0.29) is 5.69 Å². The Hall–Kier alpha value is -1.88. The second-order valence-electron chi connectivity index (χ2n) is 5.79. The highest BCUT2D eigenvalue weighted by Gasteiger charge is 2.13. The van der Waals surface area contributed by atoms with Crippen LogP contribution in [0.3, 0.4) is 0 Å². The lowest BCUT2D eigenvalue weighted by atomic mass is 10.0. The topological polar surface area (TPSA) is 58.2 Å². The lowest BCUT2D eigenvalue weighted by Gasteiger charge is -2.26. The maximum absolute atomic E-state index is 11.6. The van der Waals surface area contributed by atoms with Crippen LogP contribution in [0.15, 0.2) is 16.9 Å². The average Bonchev–Trinajstić information content (AvgIpc) is 2.52. The molecule has 0 aliphatic carbocycles. The van der Waals surface area contributed by atoms with Gasteiger partial charge in [-0.3, -0.25) is 0 Å². The number of H-pyrrole nitrogens is 1. The van der Waals surface area contributed by atoms with Crippen molar-refractivity contribution in [1.82, 2.24) is 14.9 Å². The number of fused-ring (bicyclic) bond motifs is 1. The fourth-order valence-electron chi connectivity index (χ4n) is 3.17. The monoisotopic (exact) mass is 300 g/mol. The SMILES string of the molecule is COc1cc(CCN2CC[CH]CC2)c2c(C)nc(=O)[nH]c2c1. The minimum absolute atomic E-state index is 0.309. The summed E-state index contributed by atoms with van der Waals surface area (Å²) in [5.74, 6) is 0.774. The summed E-state index contributed by atoms with van der Waals surface area (Å²) in [6, 6.07) is 3.93. The lowest BCUT2D eigenvalue weighted by molar-refractivity contribution is 0.257. The zero-order chi connectivity index (χ0) is 15.5. The Morgan fingerprint density at radius 1 is 1.32 bits per heavy atom. The van der Waals surface area contributed by atoms with Crippen molar-refractivity contribution in [3.63, 3.8) is 0 Å². The van der Waals surface area contributed by atoms with E-state index in [0.29, 0.717) is 0 Å². The fraction of sp³-hybridized carbons (Fsp3) is 0.471. The number of aromatic amines is 1. The number of rotatable bonds is 4. The molecular weight excluding hydrogens is 278 g/mol. The van der Waals surface area contributed by atoms with Crippen LogP contribution >= 0.6 is 0 Å². The van der Waals surface area contributed by atoms with E-state index >= 15 is 0 Å². The Labute approximate surface area is 130 Å². The van der Waals surface area contributed by atoms with Crippen LogP contribution in [0.2, 0.25) is 0 Å². The number of nitrogens with one attached hydrogen (secondary N) is 1. The molecule has 3 rings (SSSR count). The summed E-state index contributed by atoms with van der Waals surface area (Å²) in [7, 11) is 1.65. The molecule has 1 aliphatic rings. The zero-order valence-electron chi connectivity index (χ0n) is 13.2. The molecule has 0 saturated carbocycles. The largest absolute Gasteiger partial charge is 0.497 e. The molecule has 0 atom stereocenters. The molecule has 22 heavy (non-hydrogen) atoms. The Bertz CT molecular complexity index is 718. The number of methoxy groups -OCH3 is 1. The molecule has 1 saturated heterocycles. The van der Waals surface area contributed by atoms with E-state index < -0.39 is 0 Å². The van der Waals surface area contributed by atoms with Crippen molar-refractivity contribution in [2.24, 2.45) is 0 Å². The van der Waals surface area contributed by atoms with Gasteiger partial charge in [-0.25, -0.2) is 4.79 Å². The fourth-order valence-corrected chi connectivity index (χ4v) is 3.17. The van der Waals surface area contributed by atoms with Crippen molar-refractivity contribution in [3.05, 3.63) is 40.3 Å². The predicted octanol–water partition coefficient (Wildman–Crippen LogP) is 2.08. The number of benzene rings is 1. The summed E-state index contributed by atoms with van der Waals surface area (Å²) in [6.45, 7) is 5.18. The summed E-state index contributed by atoms with van der Waals surface area (Å²) in [5.41, 5.74) is 2.46. The Kier molecular flexibility index (Phi) is 4.43. The van der Waals surface area contributed by atoms with E-state index in [4.69, 9.17) is 4.74 Å². The molecule has 2 aromatic rings. The first-order valence-electron chi connectivity index (χ1n) is 7.79. The number of hydrogen-bond donors (Lipinski definition) is 1. The smallest absolute Gasteiger partial charge is 0.345 e. The van der Waals surface area contributed by atoms with E-state index in [0.717, 1.165) is 48.4 Å². The van der Waals surface area contributed by atoms with E-state index in [1.54, 1.807) is 7.11 Å². The maximum Gasteiger partial charge on any atom is 0.345 e. The van der Waals surface area contributed by atoms with Crippen molar-refractivity contribution in [1.29, 1.82) is 0 Å². The van der Waals surface area contributed by atoms with Gasteiger partial charge < -0.3 is 14.6 Å². The molecule has 0 amide bonds. The minimum Gasteiger partial charge on any atom is -0.497 e. The first kappa shape index (κ1) is 15.0. The second kappa shape index (κ2) is 6.48. The van der Waals surface area contributed by atoms with E-state index in [9.17, 15) is 4.79 Å². The number of aryl methyl sites for hydroxylation is 1. The van der Waals surface area contributed by atoms with Crippen LogP contribution in [0.4, 0.5) is 0 Å². The van der Waals surface area contributed by atoms with Gasteiger partial charge in [-0.05, 0) is 57.3 Å². The first-order chi connectivity index (χ1) is 10.7. The number of nitrogens with zero attached hydrogens (tertiary/aromatic N) is 2. The zero-order valence-corrected chi connectivity index (χ0v) is 13.2. The first-order valence-corrected chi connectivity index (χ1v) is 7.79. The highest BCUT2D eigenvalue weighted by Crippen LogP contribution is 2.25. The van der Waals surface area contributed by atoms with Gasteiger partial charge in [0.25, 0.3) is 0 Å². The number of likely N-dealkylation sites (tertiary alicyclic amines) is 1. The number of aromatic nitrogens is 2. The summed E-state index contributed by atoms with van der Waals surface area (Å²) in [5, 5.41) is 1.05. The van der Waals surface area contributed by atoms with Crippen LogP contribution in [-0.4, -0.2) is 41.6 Å². The van der Waals surface area contributed by atoms with Gasteiger partial charge in [-0.15, -0.1) is 0 Å². The molecule has 117 valence electrons. The van der Waals surface area contributed by atoms with Crippen LogP contribution < -0.4 is 10.4 Å². The maximum atomic E-state index is 11.6. The van der Waals surface area contributed by atoms with Crippen molar-refractivity contribution in [3.8, 4) is 5.75 Å². The van der Waals surface area contributed by atoms with E-state index in [2.05, 4.69) is 27.4 Å². The summed E-state index contributed by atoms with van der Waals surface area (Å²) < 4.78 is 5.37. The highest BCUT2D eigenvalue weighted by molar-refractivity contribution is 5.85. The second-order valence-corrected chi connectivity index (χ2v) is 5.79. The molecule has 1 fully saturated rings. The van der Waals surface area contributed by atoms with Crippen LogP contribution in [-0.2, 0) is 6.42 Å². The Morgan fingerprint density at radius 3 is 2.82 bits per heavy atom. The van der Waals surface area contributed by atoms with Crippen molar-refractivity contribution in [2.75, 3.05) is 26.7 Å². The van der Waals surface area contributed by atoms with Crippen LogP contribution in [0.5, 0.6) is 5.75 Å². The molecule has 1 N–H and O–H groups in total. The molecule has 0 bridgehead atoms. The van der Waals surface area contributed by atoms with Crippen molar-refractivity contribution < 1.29 is 4.74 Å². The van der Waals surface area contributed by atoms with Gasteiger partial charge in [0.15, 0.2) is 0 Å². The van der Waals surface area contributed by atoms with Gasteiger partial charge in [0.2, 0.25) is 0 Å². The third-order valence-corrected chi connectivity index (χ3v) is 4.30. The van der Waals surface area contributed by atoms with Crippen molar-refractivity contribution in [2.45, 2.75) is 26.2 Å². The Morgan fingerprint density at radius 2 is 2.09 bits per heavy atom. The van der Waals surface area contributed by atoms with Gasteiger partial charge in [0.05, 0.1) is 18.3 Å². The number of hydrogen-bond acceptors (Lipinski definition) is 4. The number of piperidine rings is 1. The quantitative estimate of drug-likeness (QED) is 0.939. The molecule has 1 aromatic carbocycles. The molecule has 5 heteroatoms. The molecule has 5 nitrogen and oxygen atoms in total. The molecule has 1 aromatic heterocycles. The summed E-state index contributed by atoms with van der Waals surface area (Å²) in [6.07, 6.45) is 5.64. The molecule has 0 unspecified atom stereocenters. The molecule has 1 aliphatic heterocycles. The van der Waals surface area contributed by atoms with Gasteiger partial charge >= 0.3 is 5.69 Å². The average molecular weight is 300 g/mol. The van der Waals surface area contributed by atoms with Gasteiger partial charge in [-0.2, -0.15) is 4.98 Å². The molecule has 2 heterocycles. The van der Waals surface area contributed by atoms with Crippen LogP contribution in [0, 0.1) is 13.3 Å². The van der Waals surface area contributed by atoms with Gasteiger partial charge in [0, 0.05) is 18.0 Å². The highest BCUT2D eigenvalue weighted by atomic mass is 16.5. The number of ether oxygens (including phenoxy) is 1. The predicted molar refractivity (Wildman–Crippen MR) is 87.3 cm³/mol.